The SMILES string of the molecule is CCn1nnc(Cn2cc(C3CCNCC3)c(C)n2)n1. The van der Waals surface area contributed by atoms with Gasteiger partial charge in [-0.2, -0.15) is 9.90 Å². The summed E-state index contributed by atoms with van der Waals surface area (Å²) >= 11 is 0. The highest BCUT2D eigenvalue weighted by molar-refractivity contribution is 5.21. The van der Waals surface area contributed by atoms with Gasteiger partial charge in [0.25, 0.3) is 0 Å². The average Bonchev–Trinajstić information content (AvgIpc) is 3.07. The second-order valence-electron chi connectivity index (χ2n) is 5.29. The average molecular weight is 275 g/mol. The zero-order valence-electron chi connectivity index (χ0n) is 12.1. The molecule has 0 unspecified atom stereocenters. The summed E-state index contributed by atoms with van der Waals surface area (Å²) in [5.74, 6) is 1.34. The molecule has 1 N–H and O–H groups in total. The molecular formula is C13H21N7. The predicted octanol–water partition coefficient (Wildman–Crippen LogP) is 0.713. The summed E-state index contributed by atoms with van der Waals surface area (Å²) in [6.45, 7) is 7.61. The molecule has 1 fully saturated rings. The van der Waals surface area contributed by atoms with E-state index in [9.17, 15) is 0 Å². The van der Waals surface area contributed by atoms with Crippen molar-refractivity contribution in [3.05, 3.63) is 23.3 Å². The fourth-order valence-corrected chi connectivity index (χ4v) is 2.77. The van der Waals surface area contributed by atoms with Gasteiger partial charge in [-0.3, -0.25) is 4.68 Å². The first-order chi connectivity index (χ1) is 9.76. The van der Waals surface area contributed by atoms with Gasteiger partial charge < -0.3 is 5.32 Å². The topological polar surface area (TPSA) is 73.5 Å². The third-order valence-electron chi connectivity index (χ3n) is 3.84. The Morgan fingerprint density at radius 3 is 2.80 bits per heavy atom. The first-order valence-electron chi connectivity index (χ1n) is 7.27. The molecule has 3 heterocycles. The van der Waals surface area contributed by atoms with Crippen molar-refractivity contribution in [3.63, 3.8) is 0 Å². The van der Waals surface area contributed by atoms with Crippen molar-refractivity contribution in [2.45, 2.75) is 45.7 Å². The number of hydrogen-bond acceptors (Lipinski definition) is 5. The van der Waals surface area contributed by atoms with Crippen molar-refractivity contribution in [2.24, 2.45) is 0 Å². The molecule has 0 bridgehead atoms. The molecule has 2 aromatic heterocycles. The van der Waals surface area contributed by atoms with E-state index in [1.54, 1.807) is 4.80 Å². The van der Waals surface area contributed by atoms with Gasteiger partial charge in [-0.05, 0) is 56.5 Å². The Balaban J connectivity index is 1.74. The van der Waals surface area contributed by atoms with Crippen LogP contribution in [0, 0.1) is 6.92 Å². The standard InChI is InChI=1S/C13H21N7/c1-3-20-17-13(15-18-20)9-19-8-12(10(2)16-19)11-4-6-14-7-5-11/h8,11,14H,3-7,9H2,1-2H3. The summed E-state index contributed by atoms with van der Waals surface area (Å²) in [7, 11) is 0. The summed E-state index contributed by atoms with van der Waals surface area (Å²) in [6, 6.07) is 0. The number of rotatable bonds is 4. The highest BCUT2D eigenvalue weighted by atomic mass is 15.6. The van der Waals surface area contributed by atoms with Crippen LogP contribution in [0.5, 0.6) is 0 Å². The van der Waals surface area contributed by atoms with Crippen LogP contribution in [0.2, 0.25) is 0 Å². The van der Waals surface area contributed by atoms with E-state index >= 15 is 0 Å². The highest BCUT2D eigenvalue weighted by Gasteiger charge is 2.19. The molecule has 20 heavy (non-hydrogen) atoms. The molecule has 0 spiro atoms. The summed E-state index contributed by atoms with van der Waals surface area (Å²) < 4.78 is 1.93. The van der Waals surface area contributed by atoms with Gasteiger partial charge >= 0.3 is 0 Å². The molecule has 0 saturated carbocycles. The van der Waals surface area contributed by atoms with Crippen molar-refractivity contribution in [1.29, 1.82) is 0 Å². The lowest BCUT2D eigenvalue weighted by Gasteiger charge is -2.21. The Bertz CT molecular complexity index is 565. The first kappa shape index (κ1) is 13.2. The third-order valence-corrected chi connectivity index (χ3v) is 3.84. The van der Waals surface area contributed by atoms with Gasteiger partial charge in [-0.25, -0.2) is 0 Å². The predicted molar refractivity (Wildman–Crippen MR) is 74.4 cm³/mol. The number of aromatic nitrogens is 6. The van der Waals surface area contributed by atoms with E-state index < -0.39 is 0 Å². The Morgan fingerprint density at radius 2 is 2.10 bits per heavy atom. The van der Waals surface area contributed by atoms with Gasteiger partial charge in [-0.1, -0.05) is 0 Å². The van der Waals surface area contributed by atoms with Gasteiger partial charge in [-0.15, -0.1) is 10.2 Å². The fraction of sp³-hybridized carbons (Fsp3) is 0.692. The van der Waals surface area contributed by atoms with Crippen molar-refractivity contribution in [2.75, 3.05) is 13.1 Å². The maximum Gasteiger partial charge on any atom is 0.196 e. The smallest absolute Gasteiger partial charge is 0.196 e. The molecule has 0 aliphatic carbocycles. The van der Waals surface area contributed by atoms with Crippen LogP contribution in [0.15, 0.2) is 6.20 Å². The molecule has 108 valence electrons. The quantitative estimate of drug-likeness (QED) is 0.889. The monoisotopic (exact) mass is 275 g/mol. The summed E-state index contributed by atoms with van der Waals surface area (Å²) in [5, 5.41) is 20.3. The zero-order valence-corrected chi connectivity index (χ0v) is 12.1. The minimum Gasteiger partial charge on any atom is -0.317 e. The van der Waals surface area contributed by atoms with E-state index in [1.807, 2.05) is 11.6 Å². The molecule has 1 aliphatic heterocycles. The van der Waals surface area contributed by atoms with Crippen LogP contribution in [0.4, 0.5) is 0 Å². The lowest BCUT2D eigenvalue weighted by Crippen LogP contribution is -2.26. The molecule has 3 rings (SSSR count). The number of aryl methyl sites for hydroxylation is 2. The molecule has 0 radical (unpaired) electrons. The van der Waals surface area contributed by atoms with E-state index in [2.05, 4.69) is 38.9 Å². The summed E-state index contributed by atoms with van der Waals surface area (Å²) in [6.07, 6.45) is 4.53. The maximum atomic E-state index is 4.60. The largest absolute Gasteiger partial charge is 0.317 e. The molecule has 0 amide bonds. The van der Waals surface area contributed by atoms with Crippen molar-refractivity contribution < 1.29 is 0 Å². The highest BCUT2D eigenvalue weighted by Crippen LogP contribution is 2.27. The number of piperidine rings is 1. The van der Waals surface area contributed by atoms with Crippen LogP contribution >= 0.6 is 0 Å². The van der Waals surface area contributed by atoms with E-state index in [1.165, 1.54) is 18.4 Å². The number of hydrogen-bond donors (Lipinski definition) is 1. The van der Waals surface area contributed by atoms with Crippen LogP contribution in [0.1, 0.15) is 42.8 Å². The minimum absolute atomic E-state index is 0.589. The zero-order chi connectivity index (χ0) is 13.9. The molecule has 2 aromatic rings. The number of tetrazole rings is 1. The minimum atomic E-state index is 0.589. The first-order valence-corrected chi connectivity index (χ1v) is 7.27. The Hall–Kier alpha value is -1.76. The second kappa shape index (κ2) is 5.70. The van der Waals surface area contributed by atoms with Gasteiger partial charge in [0.05, 0.1) is 12.2 Å². The molecule has 1 saturated heterocycles. The van der Waals surface area contributed by atoms with Gasteiger partial charge in [0, 0.05) is 6.20 Å². The van der Waals surface area contributed by atoms with E-state index in [0.717, 1.165) is 25.3 Å². The summed E-state index contributed by atoms with van der Waals surface area (Å²) in [5.41, 5.74) is 2.49. The maximum absolute atomic E-state index is 4.60. The number of nitrogens with one attached hydrogen (secondary N) is 1. The van der Waals surface area contributed by atoms with Gasteiger partial charge in [0.1, 0.15) is 6.54 Å². The Labute approximate surface area is 118 Å². The van der Waals surface area contributed by atoms with Crippen molar-refractivity contribution in [3.8, 4) is 0 Å². The van der Waals surface area contributed by atoms with Crippen LogP contribution < -0.4 is 5.32 Å². The molecule has 0 aromatic carbocycles. The second-order valence-corrected chi connectivity index (χ2v) is 5.29. The Morgan fingerprint density at radius 1 is 1.30 bits per heavy atom. The molecule has 0 atom stereocenters. The van der Waals surface area contributed by atoms with E-state index in [0.29, 0.717) is 18.3 Å². The van der Waals surface area contributed by atoms with E-state index in [-0.39, 0.29) is 0 Å². The lowest BCUT2D eigenvalue weighted by atomic mass is 9.91. The fourth-order valence-electron chi connectivity index (χ4n) is 2.77. The van der Waals surface area contributed by atoms with Crippen molar-refractivity contribution in [1.82, 2.24) is 35.3 Å². The lowest BCUT2D eigenvalue weighted by molar-refractivity contribution is 0.459. The molecular weight excluding hydrogens is 254 g/mol. The van der Waals surface area contributed by atoms with Crippen molar-refractivity contribution >= 4 is 0 Å². The Kier molecular flexibility index (Phi) is 3.77. The van der Waals surface area contributed by atoms with E-state index in [4.69, 9.17) is 0 Å². The number of nitrogens with zero attached hydrogens (tertiary/aromatic N) is 6. The van der Waals surface area contributed by atoms with Crippen LogP contribution in [0.25, 0.3) is 0 Å². The molecule has 1 aliphatic rings. The molecule has 7 heteroatoms. The van der Waals surface area contributed by atoms with Gasteiger partial charge in [0.15, 0.2) is 5.82 Å². The van der Waals surface area contributed by atoms with Gasteiger partial charge in [0.2, 0.25) is 0 Å². The summed E-state index contributed by atoms with van der Waals surface area (Å²) in [4.78, 5) is 1.60. The van der Waals surface area contributed by atoms with Crippen LogP contribution in [0.3, 0.4) is 0 Å². The molecule has 7 nitrogen and oxygen atoms in total. The normalized spacial score (nSPS) is 16.7. The van der Waals surface area contributed by atoms with Crippen LogP contribution in [-0.2, 0) is 13.1 Å². The third kappa shape index (κ3) is 2.72. The van der Waals surface area contributed by atoms with Crippen LogP contribution in [-0.4, -0.2) is 43.1 Å².